The summed E-state index contributed by atoms with van der Waals surface area (Å²) in [6.45, 7) is 5.23. The van der Waals surface area contributed by atoms with E-state index in [4.69, 9.17) is 4.74 Å². The van der Waals surface area contributed by atoms with Gasteiger partial charge in [0.05, 0.1) is 6.10 Å². The Balaban J connectivity index is 1.06. The highest BCUT2D eigenvalue weighted by Crippen LogP contribution is 2.47. The van der Waals surface area contributed by atoms with Crippen LogP contribution in [0.15, 0.2) is 0 Å². The quantitative estimate of drug-likeness (QED) is 0.128. The molecule has 0 aromatic rings. The van der Waals surface area contributed by atoms with Crippen molar-refractivity contribution in [1.82, 2.24) is 0 Å². The van der Waals surface area contributed by atoms with Crippen molar-refractivity contribution in [3.05, 3.63) is 0 Å². The summed E-state index contributed by atoms with van der Waals surface area (Å²) in [5, 5.41) is 0. The van der Waals surface area contributed by atoms with Gasteiger partial charge in [-0.25, -0.2) is 13.2 Å². The Morgan fingerprint density at radius 1 is 0.489 bits per heavy atom. The van der Waals surface area contributed by atoms with E-state index in [1.807, 2.05) is 0 Å². The van der Waals surface area contributed by atoms with Crippen LogP contribution in [-0.2, 0) is 4.74 Å². The van der Waals surface area contributed by atoms with Crippen LogP contribution in [0.3, 0.4) is 0 Å². The van der Waals surface area contributed by atoms with Crippen molar-refractivity contribution < 1.29 is 17.9 Å². The molecule has 4 rings (SSSR count). The second-order valence-corrected chi connectivity index (χ2v) is 16.5. The molecule has 4 saturated carbocycles. The second kappa shape index (κ2) is 21.0. The van der Waals surface area contributed by atoms with Crippen molar-refractivity contribution in [3.63, 3.8) is 0 Å². The molecule has 0 aliphatic heterocycles. The summed E-state index contributed by atoms with van der Waals surface area (Å²) in [7, 11) is 0. The van der Waals surface area contributed by atoms with Crippen molar-refractivity contribution in [2.24, 2.45) is 41.4 Å². The predicted molar refractivity (Wildman–Crippen MR) is 185 cm³/mol. The fraction of sp³-hybridized carbons (Fsp3) is 1.00. The molecule has 4 heteroatoms. The maximum absolute atomic E-state index is 15.5. The topological polar surface area (TPSA) is 9.23 Å². The zero-order valence-electron chi connectivity index (χ0n) is 29.7. The third-order valence-electron chi connectivity index (χ3n) is 13.3. The SMILES string of the molecule is CCCCCCCCOC1CCC(C2CCC(CCC3CCC(C4CCC(CCCCCCC)CC4)C(F)C3F)CC2)CC1F. The van der Waals surface area contributed by atoms with Crippen LogP contribution in [-0.4, -0.2) is 31.2 Å². The summed E-state index contributed by atoms with van der Waals surface area (Å²) < 4.78 is 52.0. The molecule has 0 saturated heterocycles. The Bertz CT molecular complexity index is 745. The van der Waals surface area contributed by atoms with Gasteiger partial charge in [0.15, 0.2) is 0 Å². The predicted octanol–water partition coefficient (Wildman–Crippen LogP) is 13.3. The van der Waals surface area contributed by atoms with Gasteiger partial charge in [-0.2, -0.15) is 0 Å². The van der Waals surface area contributed by atoms with Gasteiger partial charge in [0, 0.05) is 6.61 Å². The van der Waals surface area contributed by atoms with Crippen molar-refractivity contribution in [2.45, 2.75) is 212 Å². The molecule has 7 atom stereocenters. The van der Waals surface area contributed by atoms with E-state index in [0.29, 0.717) is 30.1 Å². The molecule has 1 nitrogen and oxygen atoms in total. The normalized spacial score (nSPS) is 37.9. The first-order chi connectivity index (χ1) is 22.0. The lowest BCUT2D eigenvalue weighted by molar-refractivity contribution is -0.0472. The molecule has 45 heavy (non-hydrogen) atoms. The van der Waals surface area contributed by atoms with Crippen LogP contribution in [0.5, 0.6) is 0 Å². The van der Waals surface area contributed by atoms with Gasteiger partial charge in [-0.15, -0.1) is 0 Å². The molecular formula is C41H73F3O. The van der Waals surface area contributed by atoms with Crippen molar-refractivity contribution in [2.75, 3.05) is 6.61 Å². The van der Waals surface area contributed by atoms with E-state index >= 15 is 13.2 Å². The largest absolute Gasteiger partial charge is 0.375 e. The van der Waals surface area contributed by atoms with Crippen LogP contribution < -0.4 is 0 Å². The molecule has 264 valence electrons. The first-order valence-corrected chi connectivity index (χ1v) is 20.5. The highest BCUT2D eigenvalue weighted by atomic mass is 19.2. The first kappa shape index (κ1) is 37.6. The molecule has 7 unspecified atom stereocenters. The van der Waals surface area contributed by atoms with Crippen LogP contribution in [0.2, 0.25) is 0 Å². The smallest absolute Gasteiger partial charge is 0.134 e. The van der Waals surface area contributed by atoms with Crippen LogP contribution in [0, 0.1) is 41.4 Å². The minimum atomic E-state index is -1.25. The number of rotatable bonds is 19. The first-order valence-electron chi connectivity index (χ1n) is 20.5. The van der Waals surface area contributed by atoms with E-state index in [1.165, 1.54) is 109 Å². The number of hydrogen-bond acceptors (Lipinski definition) is 1. The average Bonchev–Trinajstić information content (AvgIpc) is 3.06. The lowest BCUT2D eigenvalue weighted by atomic mass is 9.66. The zero-order chi connectivity index (χ0) is 31.9. The Labute approximate surface area is 277 Å². The molecule has 0 aromatic heterocycles. The Hall–Kier alpha value is -0.250. The molecule has 4 fully saturated rings. The van der Waals surface area contributed by atoms with Crippen LogP contribution in [0.1, 0.15) is 187 Å². The maximum atomic E-state index is 15.5. The van der Waals surface area contributed by atoms with Crippen molar-refractivity contribution in [1.29, 1.82) is 0 Å². The minimum Gasteiger partial charge on any atom is -0.375 e. The molecule has 0 N–H and O–H groups in total. The van der Waals surface area contributed by atoms with Gasteiger partial charge < -0.3 is 4.74 Å². The fourth-order valence-electron chi connectivity index (χ4n) is 10.2. The van der Waals surface area contributed by atoms with Gasteiger partial charge in [-0.3, -0.25) is 0 Å². The second-order valence-electron chi connectivity index (χ2n) is 16.5. The Kier molecular flexibility index (Phi) is 17.5. The highest BCUT2D eigenvalue weighted by Gasteiger charge is 2.44. The van der Waals surface area contributed by atoms with Crippen LogP contribution >= 0.6 is 0 Å². The van der Waals surface area contributed by atoms with Crippen molar-refractivity contribution >= 4 is 0 Å². The van der Waals surface area contributed by atoms with Crippen LogP contribution in [0.4, 0.5) is 13.2 Å². The third kappa shape index (κ3) is 12.3. The van der Waals surface area contributed by atoms with Crippen molar-refractivity contribution in [3.8, 4) is 0 Å². The fourth-order valence-corrected chi connectivity index (χ4v) is 10.2. The van der Waals surface area contributed by atoms with Gasteiger partial charge in [0.1, 0.15) is 18.5 Å². The number of ether oxygens (including phenoxy) is 1. The molecule has 4 aliphatic carbocycles. The highest BCUT2D eigenvalue weighted by molar-refractivity contribution is 4.93. The lowest BCUT2D eigenvalue weighted by Gasteiger charge is -2.42. The van der Waals surface area contributed by atoms with E-state index in [2.05, 4.69) is 13.8 Å². The van der Waals surface area contributed by atoms with Gasteiger partial charge in [-0.05, 0) is 112 Å². The molecule has 0 spiro atoms. The summed E-state index contributed by atoms with van der Waals surface area (Å²) in [4.78, 5) is 0. The molecular weight excluding hydrogens is 565 g/mol. The Morgan fingerprint density at radius 2 is 1.07 bits per heavy atom. The molecule has 0 bridgehead atoms. The number of alkyl halides is 3. The average molecular weight is 639 g/mol. The summed E-state index contributed by atoms with van der Waals surface area (Å²) in [6, 6.07) is 0. The minimum absolute atomic E-state index is 0.0347. The number of unbranched alkanes of at least 4 members (excludes halogenated alkanes) is 9. The van der Waals surface area contributed by atoms with Gasteiger partial charge in [0.2, 0.25) is 0 Å². The van der Waals surface area contributed by atoms with E-state index in [1.54, 1.807) is 0 Å². The molecule has 0 aromatic carbocycles. The summed E-state index contributed by atoms with van der Waals surface area (Å²) in [5.74, 6) is 2.94. The zero-order valence-corrected chi connectivity index (χ0v) is 29.7. The maximum Gasteiger partial charge on any atom is 0.134 e. The molecule has 4 aliphatic rings. The summed E-state index contributed by atoms with van der Waals surface area (Å²) in [5.41, 5.74) is 0. The molecule has 0 radical (unpaired) electrons. The number of hydrogen-bond donors (Lipinski definition) is 0. The lowest BCUT2D eigenvalue weighted by Crippen LogP contribution is -2.42. The van der Waals surface area contributed by atoms with Crippen LogP contribution in [0.25, 0.3) is 0 Å². The number of halogens is 3. The standard InChI is InChI=1S/C41H73F3O/c1-3-5-7-9-11-13-29-45-39-28-26-36(30-38(39)42)33-20-15-32(16-21-33)19-24-35-25-27-37(41(44)40(35)43)34-22-17-31(18-23-34)14-12-10-8-6-4-2/h31-41H,3-30H2,1-2H3. The third-order valence-corrected chi connectivity index (χ3v) is 13.3. The molecule has 0 heterocycles. The Morgan fingerprint density at radius 3 is 1.73 bits per heavy atom. The monoisotopic (exact) mass is 639 g/mol. The van der Waals surface area contributed by atoms with Gasteiger partial charge in [0.25, 0.3) is 0 Å². The van der Waals surface area contributed by atoms with Gasteiger partial charge in [-0.1, -0.05) is 117 Å². The van der Waals surface area contributed by atoms with E-state index < -0.39 is 18.5 Å². The summed E-state index contributed by atoms with van der Waals surface area (Å²) in [6.07, 6.45) is 28.0. The van der Waals surface area contributed by atoms with Gasteiger partial charge >= 0.3 is 0 Å². The van der Waals surface area contributed by atoms with E-state index in [9.17, 15) is 0 Å². The summed E-state index contributed by atoms with van der Waals surface area (Å²) >= 11 is 0. The van der Waals surface area contributed by atoms with E-state index in [0.717, 1.165) is 70.3 Å². The van der Waals surface area contributed by atoms with E-state index in [-0.39, 0.29) is 17.9 Å². The molecule has 0 amide bonds.